The van der Waals surface area contributed by atoms with Gasteiger partial charge in [0.1, 0.15) is 5.75 Å². The van der Waals surface area contributed by atoms with E-state index in [-0.39, 0.29) is 17.9 Å². The molecule has 0 spiro atoms. The van der Waals surface area contributed by atoms with Gasteiger partial charge in [0, 0.05) is 38.2 Å². The Balaban J connectivity index is 1.36. The molecule has 6 heteroatoms. The summed E-state index contributed by atoms with van der Waals surface area (Å²) >= 11 is 0. The quantitative estimate of drug-likeness (QED) is 0.602. The van der Waals surface area contributed by atoms with Gasteiger partial charge in [0.25, 0.3) is 0 Å². The second kappa shape index (κ2) is 11.2. The van der Waals surface area contributed by atoms with E-state index >= 15 is 0 Å². The van der Waals surface area contributed by atoms with E-state index in [4.69, 9.17) is 9.47 Å². The van der Waals surface area contributed by atoms with Crippen LogP contribution >= 0.6 is 0 Å². The van der Waals surface area contributed by atoms with Crippen LogP contribution in [0.3, 0.4) is 0 Å². The minimum atomic E-state index is 0.0722. The summed E-state index contributed by atoms with van der Waals surface area (Å²) in [5, 5.41) is 2.88. The van der Waals surface area contributed by atoms with E-state index in [1.165, 1.54) is 6.42 Å². The van der Waals surface area contributed by atoms with Crippen LogP contribution in [0.15, 0.2) is 18.2 Å². The van der Waals surface area contributed by atoms with Crippen molar-refractivity contribution in [2.45, 2.75) is 70.8 Å². The van der Waals surface area contributed by atoms with Gasteiger partial charge in [-0.1, -0.05) is 6.92 Å². The molecule has 1 fully saturated rings. The number of hydrogen-bond acceptors (Lipinski definition) is 4. The smallest absolute Gasteiger partial charge is 0.224 e. The lowest BCUT2D eigenvalue weighted by atomic mass is 10.0. The average molecular weight is 403 g/mol. The number of nitrogens with zero attached hydrogens (tertiary/aromatic N) is 1. The molecule has 1 N–H and O–H groups in total. The van der Waals surface area contributed by atoms with Gasteiger partial charge in [0.15, 0.2) is 0 Å². The van der Waals surface area contributed by atoms with Crippen LogP contribution in [0.1, 0.15) is 63.9 Å². The first-order valence-corrected chi connectivity index (χ1v) is 11.1. The molecule has 1 aromatic rings. The minimum Gasteiger partial charge on any atom is -0.494 e. The van der Waals surface area contributed by atoms with Crippen molar-refractivity contribution in [3.63, 3.8) is 0 Å². The lowest BCUT2D eigenvalue weighted by molar-refractivity contribution is -0.134. The van der Waals surface area contributed by atoms with Crippen molar-refractivity contribution in [3.05, 3.63) is 23.8 Å². The maximum Gasteiger partial charge on any atom is 0.224 e. The second-order valence-electron chi connectivity index (χ2n) is 8.00. The number of ether oxygens (including phenoxy) is 2. The van der Waals surface area contributed by atoms with Crippen molar-refractivity contribution in [1.82, 2.24) is 4.90 Å². The topological polar surface area (TPSA) is 67.9 Å². The molecule has 2 amide bonds. The predicted octanol–water partition coefficient (Wildman–Crippen LogP) is 3.93. The Morgan fingerprint density at radius 1 is 1.28 bits per heavy atom. The van der Waals surface area contributed by atoms with Gasteiger partial charge in [-0.2, -0.15) is 0 Å². The molecule has 6 nitrogen and oxygen atoms in total. The van der Waals surface area contributed by atoms with Gasteiger partial charge in [-0.15, -0.1) is 0 Å². The Morgan fingerprint density at radius 3 is 2.97 bits per heavy atom. The number of amides is 2. The van der Waals surface area contributed by atoms with Gasteiger partial charge < -0.3 is 19.7 Å². The van der Waals surface area contributed by atoms with Crippen molar-refractivity contribution in [3.8, 4) is 5.75 Å². The molecule has 2 aliphatic rings. The zero-order valence-electron chi connectivity index (χ0n) is 17.6. The molecule has 2 heterocycles. The van der Waals surface area contributed by atoms with Crippen LogP contribution in [0.5, 0.6) is 5.75 Å². The first-order valence-electron chi connectivity index (χ1n) is 11.1. The highest BCUT2D eigenvalue weighted by Crippen LogP contribution is 2.27. The summed E-state index contributed by atoms with van der Waals surface area (Å²) in [6.07, 6.45) is 8.09. The van der Waals surface area contributed by atoms with Crippen molar-refractivity contribution < 1.29 is 19.1 Å². The highest BCUT2D eigenvalue weighted by atomic mass is 16.5. The standard InChI is InChI=1S/C23H34N2O4/c1-2-13-25(17-20-7-3-5-15-29-20)23(27)8-4-6-14-28-19-10-11-21-18(16-19)9-12-22(26)24-21/h10-11,16,20H,2-9,12-15,17H2,1H3,(H,24,26). The van der Waals surface area contributed by atoms with Crippen LogP contribution < -0.4 is 10.1 Å². The number of unbranched alkanes of at least 4 members (excludes halogenated alkanes) is 1. The SMILES string of the molecule is CCCN(CC1CCCCO1)C(=O)CCCCOc1ccc2c(c1)CCC(=O)N2. The van der Waals surface area contributed by atoms with Crippen molar-refractivity contribution in [1.29, 1.82) is 0 Å². The molecular formula is C23H34N2O4. The van der Waals surface area contributed by atoms with E-state index in [0.29, 0.717) is 19.4 Å². The molecule has 0 bridgehead atoms. The number of rotatable bonds is 10. The Bertz CT molecular complexity index is 685. The second-order valence-corrected chi connectivity index (χ2v) is 8.00. The molecule has 0 aliphatic carbocycles. The summed E-state index contributed by atoms with van der Waals surface area (Å²) in [5.41, 5.74) is 2.01. The normalized spacial score (nSPS) is 18.7. The van der Waals surface area contributed by atoms with Gasteiger partial charge >= 0.3 is 0 Å². The van der Waals surface area contributed by atoms with Crippen LogP contribution in [-0.4, -0.2) is 49.1 Å². The molecule has 1 unspecified atom stereocenters. The third-order valence-electron chi connectivity index (χ3n) is 5.57. The molecule has 3 rings (SSSR count). The molecule has 1 saturated heterocycles. The van der Waals surface area contributed by atoms with E-state index < -0.39 is 0 Å². The van der Waals surface area contributed by atoms with Gasteiger partial charge in [0.2, 0.25) is 11.8 Å². The number of aryl methyl sites for hydroxylation is 1. The third-order valence-corrected chi connectivity index (χ3v) is 5.57. The van der Waals surface area contributed by atoms with E-state index in [1.54, 1.807) is 0 Å². The molecule has 1 atom stereocenters. The van der Waals surface area contributed by atoms with E-state index in [2.05, 4.69) is 12.2 Å². The zero-order chi connectivity index (χ0) is 20.5. The van der Waals surface area contributed by atoms with Gasteiger partial charge in [-0.25, -0.2) is 0 Å². The number of fused-ring (bicyclic) bond motifs is 1. The van der Waals surface area contributed by atoms with Crippen LogP contribution in [0.2, 0.25) is 0 Å². The van der Waals surface area contributed by atoms with E-state index in [9.17, 15) is 9.59 Å². The number of carbonyl (C=O) groups excluding carboxylic acids is 2. The summed E-state index contributed by atoms with van der Waals surface area (Å²) in [4.78, 5) is 26.0. The number of anilines is 1. The van der Waals surface area contributed by atoms with E-state index in [1.807, 2.05) is 23.1 Å². The monoisotopic (exact) mass is 402 g/mol. The molecule has 1 aromatic carbocycles. The highest BCUT2D eigenvalue weighted by molar-refractivity contribution is 5.94. The number of nitrogens with one attached hydrogen (secondary N) is 1. The fourth-order valence-corrected chi connectivity index (χ4v) is 3.96. The summed E-state index contributed by atoms with van der Waals surface area (Å²) in [6.45, 7) is 5.07. The molecule has 29 heavy (non-hydrogen) atoms. The van der Waals surface area contributed by atoms with Crippen LogP contribution in [0.25, 0.3) is 0 Å². The Labute approximate surface area is 173 Å². The molecule has 2 aliphatic heterocycles. The first-order chi connectivity index (χ1) is 14.2. The summed E-state index contributed by atoms with van der Waals surface area (Å²) in [7, 11) is 0. The largest absolute Gasteiger partial charge is 0.494 e. The fraction of sp³-hybridized carbons (Fsp3) is 0.652. The molecule has 0 radical (unpaired) electrons. The first kappa shape index (κ1) is 21.6. The summed E-state index contributed by atoms with van der Waals surface area (Å²) in [6, 6.07) is 5.80. The van der Waals surface area contributed by atoms with Crippen LogP contribution in [0.4, 0.5) is 5.69 Å². The highest BCUT2D eigenvalue weighted by Gasteiger charge is 2.20. The summed E-state index contributed by atoms with van der Waals surface area (Å²) < 4.78 is 11.7. The zero-order valence-corrected chi connectivity index (χ0v) is 17.6. The van der Waals surface area contributed by atoms with Crippen molar-refractivity contribution in [2.75, 3.05) is 31.6 Å². The number of carbonyl (C=O) groups is 2. The summed E-state index contributed by atoms with van der Waals surface area (Å²) in [5.74, 6) is 1.13. The Morgan fingerprint density at radius 2 is 2.17 bits per heavy atom. The van der Waals surface area contributed by atoms with Crippen LogP contribution in [0, 0.1) is 0 Å². The lowest BCUT2D eigenvalue weighted by Gasteiger charge is -2.30. The number of benzene rings is 1. The average Bonchev–Trinajstić information content (AvgIpc) is 2.74. The maximum atomic E-state index is 12.6. The van der Waals surface area contributed by atoms with Gasteiger partial charge in [-0.05, 0) is 68.7 Å². The molecule has 160 valence electrons. The molecule has 0 aromatic heterocycles. The van der Waals surface area contributed by atoms with Crippen molar-refractivity contribution >= 4 is 17.5 Å². The fourth-order valence-electron chi connectivity index (χ4n) is 3.96. The minimum absolute atomic E-state index is 0.0722. The van der Waals surface area contributed by atoms with Gasteiger partial charge in [0.05, 0.1) is 12.7 Å². The lowest BCUT2D eigenvalue weighted by Crippen LogP contribution is -2.40. The molecule has 0 saturated carbocycles. The Kier molecular flexibility index (Phi) is 8.35. The maximum absolute atomic E-state index is 12.6. The third kappa shape index (κ3) is 6.74. The van der Waals surface area contributed by atoms with Crippen molar-refractivity contribution in [2.24, 2.45) is 0 Å². The van der Waals surface area contributed by atoms with Gasteiger partial charge in [-0.3, -0.25) is 9.59 Å². The van der Waals surface area contributed by atoms with E-state index in [0.717, 1.165) is 75.2 Å². The predicted molar refractivity (Wildman–Crippen MR) is 113 cm³/mol. The van der Waals surface area contributed by atoms with Crippen LogP contribution in [-0.2, 0) is 20.7 Å². The Hall–Kier alpha value is -2.08. The number of hydrogen-bond donors (Lipinski definition) is 1. The molecular weight excluding hydrogens is 368 g/mol.